The fraction of sp³-hybridized carbons (Fsp3) is 0.0286. The van der Waals surface area contributed by atoms with E-state index in [4.69, 9.17) is 46.4 Å². The van der Waals surface area contributed by atoms with Crippen LogP contribution in [0.5, 0.6) is 0 Å². The summed E-state index contributed by atoms with van der Waals surface area (Å²) in [5, 5.41) is 16.8. The Hall–Kier alpha value is -5.26. The molecule has 0 bridgehead atoms. The highest BCUT2D eigenvalue weighted by molar-refractivity contribution is 6.42. The molecule has 0 spiro atoms. The molecule has 242 valence electrons. The molecular weight excluding hydrogens is 710 g/mol. The summed E-state index contributed by atoms with van der Waals surface area (Å²) in [7, 11) is 0. The SMILES string of the molecule is O=C(Cc1c(-c2ccccc2[N+](=O)[O-])n(-c2ncnc3c2c(-c2ccccc2)cn3-c2ccc(Cl)c(Cl)c2)[nH]c1=O)c1ccc(Cl)c(Cl)c1. The fourth-order valence-corrected chi connectivity index (χ4v) is 6.31. The summed E-state index contributed by atoms with van der Waals surface area (Å²) in [6, 6.07) is 25.0. The largest absolute Gasteiger partial charge is 0.300 e. The zero-order valence-electron chi connectivity index (χ0n) is 24.9. The molecule has 0 amide bonds. The number of carbonyl (C=O) groups is 1. The lowest BCUT2D eigenvalue weighted by molar-refractivity contribution is -0.384. The molecule has 0 aliphatic rings. The average Bonchev–Trinajstić information content (AvgIpc) is 3.65. The highest BCUT2D eigenvalue weighted by Crippen LogP contribution is 2.39. The lowest BCUT2D eigenvalue weighted by atomic mass is 9.99. The van der Waals surface area contributed by atoms with E-state index in [-0.39, 0.29) is 43.9 Å². The van der Waals surface area contributed by atoms with Gasteiger partial charge in [0.15, 0.2) is 17.2 Å². The Morgan fingerprint density at radius 3 is 2.22 bits per heavy atom. The van der Waals surface area contributed by atoms with Crippen LogP contribution in [-0.4, -0.2) is 35.0 Å². The van der Waals surface area contributed by atoms with Crippen LogP contribution in [0, 0.1) is 10.1 Å². The summed E-state index contributed by atoms with van der Waals surface area (Å²) in [5.74, 6) is -0.244. The lowest BCUT2D eigenvalue weighted by Crippen LogP contribution is -2.13. The third-order valence-electron chi connectivity index (χ3n) is 7.97. The molecule has 0 radical (unpaired) electrons. The van der Waals surface area contributed by atoms with Gasteiger partial charge in [0, 0.05) is 35.5 Å². The molecule has 0 saturated carbocycles. The van der Waals surface area contributed by atoms with Gasteiger partial charge in [-0.3, -0.25) is 24.8 Å². The Morgan fingerprint density at radius 1 is 0.816 bits per heavy atom. The number of nitrogens with zero attached hydrogens (tertiary/aromatic N) is 5. The molecule has 10 nitrogen and oxygen atoms in total. The smallest absolute Gasteiger partial charge is 0.278 e. The number of rotatable bonds is 8. The molecule has 3 heterocycles. The Kier molecular flexibility index (Phi) is 8.56. The number of halogens is 4. The Balaban J connectivity index is 1.53. The number of benzene rings is 4. The number of carbonyl (C=O) groups excluding carboxylic acids is 1. The molecule has 1 N–H and O–H groups in total. The maximum absolute atomic E-state index is 13.8. The number of nitro benzene ring substituents is 1. The van der Waals surface area contributed by atoms with E-state index in [1.54, 1.807) is 24.3 Å². The molecule has 14 heteroatoms. The van der Waals surface area contributed by atoms with Crippen molar-refractivity contribution < 1.29 is 9.72 Å². The van der Waals surface area contributed by atoms with Crippen LogP contribution in [0.15, 0.2) is 108 Å². The van der Waals surface area contributed by atoms with Gasteiger partial charge in [-0.15, -0.1) is 0 Å². The van der Waals surface area contributed by atoms with Crippen molar-refractivity contribution in [3.63, 3.8) is 0 Å². The van der Waals surface area contributed by atoms with Gasteiger partial charge in [0.2, 0.25) is 0 Å². The number of Topliss-reactive ketones (excluding diaryl/α,β-unsaturated/α-hetero) is 1. The number of H-pyrrole nitrogens is 1. The third kappa shape index (κ3) is 5.89. The molecule has 49 heavy (non-hydrogen) atoms. The van der Waals surface area contributed by atoms with Gasteiger partial charge >= 0.3 is 0 Å². The molecule has 0 aliphatic heterocycles. The molecule has 7 rings (SSSR count). The second kappa shape index (κ2) is 13.0. The molecule has 0 atom stereocenters. The maximum Gasteiger partial charge on any atom is 0.278 e. The average molecular weight is 730 g/mol. The van der Waals surface area contributed by atoms with E-state index < -0.39 is 22.7 Å². The number of nitro groups is 1. The number of fused-ring (bicyclic) bond motifs is 1. The van der Waals surface area contributed by atoms with E-state index in [2.05, 4.69) is 15.1 Å². The van der Waals surface area contributed by atoms with Gasteiger partial charge in [-0.1, -0.05) is 88.9 Å². The Labute approximate surface area is 297 Å². The minimum atomic E-state index is -0.640. The topological polar surface area (TPSA) is 129 Å². The summed E-state index contributed by atoms with van der Waals surface area (Å²) in [6.45, 7) is 0. The van der Waals surface area contributed by atoms with E-state index >= 15 is 0 Å². The molecule has 3 aromatic heterocycles. The minimum absolute atomic E-state index is 0.0117. The highest BCUT2D eigenvalue weighted by Gasteiger charge is 2.29. The summed E-state index contributed by atoms with van der Waals surface area (Å²) in [4.78, 5) is 48.4. The van der Waals surface area contributed by atoms with Crippen molar-refractivity contribution >= 4 is 68.9 Å². The standard InChI is InChI=1S/C35H20Cl4N6O4/c36-25-12-10-20(14-27(25)38)30(46)16-23-32(22-8-4-5-9-29(22)45(48)49)44(42-35(23)47)34-31-24(19-6-2-1-3-7-19)17-43(33(31)40-18-41-34)21-11-13-26(37)28(39)15-21/h1-15,17-18H,16H2,(H,42,47). The first kappa shape index (κ1) is 32.3. The van der Waals surface area contributed by atoms with E-state index in [1.165, 1.54) is 47.4 Å². The second-order valence-electron chi connectivity index (χ2n) is 10.9. The van der Waals surface area contributed by atoms with Crippen LogP contribution in [0.3, 0.4) is 0 Å². The normalized spacial score (nSPS) is 11.3. The molecule has 0 unspecified atom stereocenters. The molecule has 4 aromatic carbocycles. The molecule has 0 aliphatic carbocycles. The molecule has 0 fully saturated rings. The van der Waals surface area contributed by atoms with E-state index in [9.17, 15) is 19.7 Å². The number of ketones is 1. The van der Waals surface area contributed by atoms with E-state index in [0.717, 1.165) is 5.56 Å². The second-order valence-corrected chi connectivity index (χ2v) is 12.5. The monoisotopic (exact) mass is 728 g/mol. The van der Waals surface area contributed by atoms with E-state index in [1.807, 2.05) is 41.1 Å². The summed E-state index contributed by atoms with van der Waals surface area (Å²) >= 11 is 24.9. The Bertz CT molecular complexity index is 2510. The van der Waals surface area contributed by atoms with Gasteiger partial charge in [-0.25, -0.2) is 14.6 Å². The summed E-state index contributed by atoms with van der Waals surface area (Å²) in [5.41, 5.74) is 2.06. The highest BCUT2D eigenvalue weighted by atomic mass is 35.5. The minimum Gasteiger partial charge on any atom is -0.300 e. The van der Waals surface area contributed by atoms with Crippen LogP contribution >= 0.6 is 46.4 Å². The predicted octanol–water partition coefficient (Wildman–Crippen LogP) is 9.18. The number of hydrogen-bond donors (Lipinski definition) is 1. The zero-order valence-corrected chi connectivity index (χ0v) is 27.9. The first-order valence-electron chi connectivity index (χ1n) is 14.6. The van der Waals surface area contributed by atoms with Crippen molar-refractivity contribution in [2.45, 2.75) is 6.42 Å². The number of aromatic nitrogens is 5. The van der Waals surface area contributed by atoms with Crippen molar-refractivity contribution in [2.24, 2.45) is 0 Å². The van der Waals surface area contributed by atoms with Crippen molar-refractivity contribution in [3.05, 3.63) is 155 Å². The van der Waals surface area contributed by atoms with Crippen molar-refractivity contribution in [2.75, 3.05) is 0 Å². The number of para-hydroxylation sites is 1. The van der Waals surface area contributed by atoms with Gasteiger partial charge < -0.3 is 4.57 Å². The van der Waals surface area contributed by atoms with Gasteiger partial charge in [0.25, 0.3) is 11.2 Å². The predicted molar refractivity (Wildman–Crippen MR) is 191 cm³/mol. The van der Waals surface area contributed by atoms with Gasteiger partial charge in [-0.05, 0) is 48.0 Å². The number of nitrogens with one attached hydrogen (secondary N) is 1. The van der Waals surface area contributed by atoms with Crippen molar-refractivity contribution in [3.8, 4) is 33.9 Å². The van der Waals surface area contributed by atoms with Crippen molar-refractivity contribution in [1.29, 1.82) is 0 Å². The van der Waals surface area contributed by atoms with E-state index in [0.29, 0.717) is 32.3 Å². The first-order chi connectivity index (χ1) is 23.6. The number of aromatic amines is 1. The molecule has 7 aromatic rings. The van der Waals surface area contributed by atoms with Crippen LogP contribution in [0.4, 0.5) is 5.69 Å². The summed E-state index contributed by atoms with van der Waals surface area (Å²) < 4.78 is 3.18. The van der Waals surface area contributed by atoms with Crippen LogP contribution < -0.4 is 5.56 Å². The van der Waals surface area contributed by atoms with Gasteiger partial charge in [0.05, 0.1) is 47.2 Å². The first-order valence-corrected chi connectivity index (χ1v) is 16.1. The van der Waals surface area contributed by atoms with Crippen LogP contribution in [0.1, 0.15) is 15.9 Å². The van der Waals surface area contributed by atoms with Crippen LogP contribution in [-0.2, 0) is 6.42 Å². The number of hydrogen-bond acceptors (Lipinski definition) is 6. The lowest BCUT2D eigenvalue weighted by Gasteiger charge is -2.12. The van der Waals surface area contributed by atoms with Gasteiger partial charge in [-0.2, -0.15) is 0 Å². The third-order valence-corrected chi connectivity index (χ3v) is 9.45. The van der Waals surface area contributed by atoms with Gasteiger partial charge in [0.1, 0.15) is 6.33 Å². The van der Waals surface area contributed by atoms with Crippen LogP contribution in [0.2, 0.25) is 20.1 Å². The fourth-order valence-electron chi connectivity index (χ4n) is 5.72. The van der Waals surface area contributed by atoms with Crippen LogP contribution in [0.25, 0.3) is 44.9 Å². The Morgan fingerprint density at radius 2 is 1.51 bits per heavy atom. The summed E-state index contributed by atoms with van der Waals surface area (Å²) in [6.07, 6.45) is 2.77. The molecule has 0 saturated heterocycles. The van der Waals surface area contributed by atoms with Crippen molar-refractivity contribution in [1.82, 2.24) is 24.3 Å². The maximum atomic E-state index is 13.8. The zero-order chi connectivity index (χ0) is 34.4. The molecular formula is C35H20Cl4N6O4. The quantitative estimate of drug-likeness (QED) is 0.0944.